The molecule has 19 heavy (non-hydrogen) atoms. The van der Waals surface area contributed by atoms with Crippen molar-refractivity contribution < 1.29 is 17.5 Å². The van der Waals surface area contributed by atoms with E-state index in [4.69, 9.17) is 10.5 Å². The lowest BCUT2D eigenvalue weighted by molar-refractivity contribution is 0.141. The Morgan fingerprint density at radius 3 is 2.58 bits per heavy atom. The second kappa shape index (κ2) is 5.96. The third-order valence-corrected chi connectivity index (χ3v) is 4.15. The molecule has 0 atom stereocenters. The molecule has 0 fully saturated rings. The van der Waals surface area contributed by atoms with Crippen molar-refractivity contribution in [3.8, 4) is 0 Å². The molecule has 0 saturated carbocycles. The van der Waals surface area contributed by atoms with Gasteiger partial charge in [0.25, 0.3) is 0 Å². The molecule has 0 unspecified atom stereocenters. The maximum atomic E-state index is 13.7. The van der Waals surface area contributed by atoms with Crippen LogP contribution in [0.2, 0.25) is 0 Å². The monoisotopic (exact) mass is 290 g/mol. The predicted molar refractivity (Wildman–Crippen MR) is 70.6 cm³/mol. The number of halogens is 1. The molecule has 1 rings (SSSR count). The summed E-state index contributed by atoms with van der Waals surface area (Å²) in [5.74, 6) is -0.807. The van der Waals surface area contributed by atoms with E-state index in [9.17, 15) is 12.8 Å². The van der Waals surface area contributed by atoms with Crippen LogP contribution in [-0.2, 0) is 21.3 Å². The molecule has 1 aromatic rings. The minimum absolute atomic E-state index is 0.143. The molecule has 0 aliphatic rings. The number of nitrogens with one attached hydrogen (secondary N) is 1. The molecular formula is C12H19FN2O3S. The van der Waals surface area contributed by atoms with Gasteiger partial charge in [-0.2, -0.15) is 0 Å². The van der Waals surface area contributed by atoms with E-state index in [0.29, 0.717) is 5.56 Å². The third-order valence-electron chi connectivity index (χ3n) is 2.44. The summed E-state index contributed by atoms with van der Waals surface area (Å²) >= 11 is 0. The largest absolute Gasteiger partial charge is 0.383 e. The molecule has 0 radical (unpaired) electrons. The molecular weight excluding hydrogens is 271 g/mol. The maximum absolute atomic E-state index is 13.7. The third kappa shape index (κ3) is 4.24. The van der Waals surface area contributed by atoms with E-state index >= 15 is 0 Å². The molecule has 108 valence electrons. The Morgan fingerprint density at radius 2 is 2.05 bits per heavy atom. The summed E-state index contributed by atoms with van der Waals surface area (Å²) in [5.41, 5.74) is 5.14. The van der Waals surface area contributed by atoms with Gasteiger partial charge in [-0.25, -0.2) is 17.5 Å². The van der Waals surface area contributed by atoms with Crippen molar-refractivity contribution in [1.82, 2.24) is 4.72 Å². The second-order valence-corrected chi connectivity index (χ2v) is 6.54. The molecule has 5 nitrogen and oxygen atoms in total. The number of ether oxygens (including phenoxy) is 1. The Hall–Kier alpha value is -1.02. The van der Waals surface area contributed by atoms with Gasteiger partial charge in [-0.05, 0) is 31.5 Å². The lowest BCUT2D eigenvalue weighted by Crippen LogP contribution is -2.46. The van der Waals surface area contributed by atoms with Gasteiger partial charge in [0, 0.05) is 13.7 Å². The number of hydrogen-bond donors (Lipinski definition) is 2. The number of nitrogens with two attached hydrogens (primary N) is 1. The summed E-state index contributed by atoms with van der Waals surface area (Å²) in [6.45, 7) is 3.62. The van der Waals surface area contributed by atoms with Gasteiger partial charge in [-0.15, -0.1) is 0 Å². The highest BCUT2D eigenvalue weighted by molar-refractivity contribution is 7.89. The van der Waals surface area contributed by atoms with E-state index in [-0.39, 0.29) is 13.2 Å². The van der Waals surface area contributed by atoms with E-state index in [1.807, 2.05) is 0 Å². The van der Waals surface area contributed by atoms with Crippen molar-refractivity contribution >= 4 is 10.0 Å². The van der Waals surface area contributed by atoms with Gasteiger partial charge in [0.1, 0.15) is 10.7 Å². The van der Waals surface area contributed by atoms with Gasteiger partial charge in [0.2, 0.25) is 10.0 Å². The average molecular weight is 290 g/mol. The van der Waals surface area contributed by atoms with Gasteiger partial charge in [0.05, 0.1) is 12.1 Å². The molecule has 3 N–H and O–H groups in total. The molecule has 0 spiro atoms. The van der Waals surface area contributed by atoms with Crippen LogP contribution in [0, 0.1) is 5.82 Å². The molecule has 0 aromatic heterocycles. The van der Waals surface area contributed by atoms with E-state index in [2.05, 4.69) is 4.72 Å². The minimum atomic E-state index is -3.96. The van der Waals surface area contributed by atoms with Crippen molar-refractivity contribution in [3.63, 3.8) is 0 Å². The Morgan fingerprint density at radius 1 is 1.42 bits per heavy atom. The molecule has 1 aromatic carbocycles. The summed E-state index contributed by atoms with van der Waals surface area (Å²) in [5, 5.41) is 0. The van der Waals surface area contributed by atoms with E-state index in [1.165, 1.54) is 19.2 Å². The average Bonchev–Trinajstić information content (AvgIpc) is 2.27. The van der Waals surface area contributed by atoms with E-state index in [0.717, 1.165) is 6.07 Å². The molecule has 0 aliphatic heterocycles. The van der Waals surface area contributed by atoms with Gasteiger partial charge in [-0.1, -0.05) is 6.07 Å². The van der Waals surface area contributed by atoms with Crippen molar-refractivity contribution in [2.45, 2.75) is 30.8 Å². The standard InChI is InChI=1S/C12H19FN2O3S/c1-12(2,8-18-3)15-19(16,17)11-6-9(7-14)4-5-10(11)13/h4-6,15H,7-8,14H2,1-3H3. The van der Waals surface area contributed by atoms with Crippen LogP contribution in [0.15, 0.2) is 23.1 Å². The molecule has 0 aliphatic carbocycles. The SMILES string of the molecule is COCC(C)(C)NS(=O)(=O)c1cc(CN)ccc1F. The summed E-state index contributed by atoms with van der Waals surface area (Å²) in [6, 6.07) is 3.79. The van der Waals surface area contributed by atoms with Crippen LogP contribution in [0.3, 0.4) is 0 Å². The number of hydrogen-bond acceptors (Lipinski definition) is 4. The van der Waals surface area contributed by atoms with Gasteiger partial charge >= 0.3 is 0 Å². The Bertz CT molecular complexity index is 544. The van der Waals surface area contributed by atoms with Crippen molar-refractivity contribution in [2.75, 3.05) is 13.7 Å². The first-order chi connectivity index (χ1) is 8.72. The normalized spacial score (nSPS) is 12.7. The van der Waals surface area contributed by atoms with Crippen LogP contribution >= 0.6 is 0 Å². The highest BCUT2D eigenvalue weighted by atomic mass is 32.2. The van der Waals surface area contributed by atoms with Crippen molar-refractivity contribution in [2.24, 2.45) is 5.73 Å². The van der Waals surface area contributed by atoms with Gasteiger partial charge in [-0.3, -0.25) is 0 Å². The maximum Gasteiger partial charge on any atom is 0.244 e. The number of sulfonamides is 1. The fraction of sp³-hybridized carbons (Fsp3) is 0.500. The van der Waals surface area contributed by atoms with Crippen LogP contribution in [0.4, 0.5) is 4.39 Å². The van der Waals surface area contributed by atoms with Crippen LogP contribution in [0.1, 0.15) is 19.4 Å². The Balaban J connectivity index is 3.13. The van der Waals surface area contributed by atoms with Gasteiger partial charge < -0.3 is 10.5 Å². The lowest BCUT2D eigenvalue weighted by atomic mass is 10.1. The highest BCUT2D eigenvalue weighted by Gasteiger charge is 2.28. The van der Waals surface area contributed by atoms with Gasteiger partial charge in [0.15, 0.2) is 0 Å². The highest BCUT2D eigenvalue weighted by Crippen LogP contribution is 2.18. The van der Waals surface area contributed by atoms with Crippen LogP contribution < -0.4 is 10.5 Å². The van der Waals surface area contributed by atoms with Crippen LogP contribution in [-0.4, -0.2) is 27.7 Å². The van der Waals surface area contributed by atoms with Crippen LogP contribution in [0.5, 0.6) is 0 Å². The summed E-state index contributed by atoms with van der Waals surface area (Å²) < 4.78 is 45.3. The first kappa shape index (κ1) is 16.0. The zero-order valence-electron chi connectivity index (χ0n) is 11.2. The zero-order valence-corrected chi connectivity index (χ0v) is 12.1. The topological polar surface area (TPSA) is 81.4 Å². The summed E-state index contributed by atoms with van der Waals surface area (Å²) in [4.78, 5) is -0.403. The lowest BCUT2D eigenvalue weighted by Gasteiger charge is -2.25. The summed E-state index contributed by atoms with van der Waals surface area (Å²) in [6.07, 6.45) is 0. The van der Waals surface area contributed by atoms with Crippen molar-refractivity contribution in [3.05, 3.63) is 29.6 Å². The Kier molecular flexibility index (Phi) is 5.03. The zero-order chi connectivity index (χ0) is 14.7. The molecule has 0 bridgehead atoms. The van der Waals surface area contributed by atoms with E-state index in [1.54, 1.807) is 13.8 Å². The number of methoxy groups -OCH3 is 1. The predicted octanol–water partition coefficient (Wildman–Crippen LogP) is 0.988. The fourth-order valence-corrected chi connectivity index (χ4v) is 3.22. The fourth-order valence-electron chi connectivity index (χ4n) is 1.69. The molecule has 7 heteroatoms. The smallest absolute Gasteiger partial charge is 0.244 e. The van der Waals surface area contributed by atoms with E-state index < -0.39 is 26.3 Å². The molecule has 0 saturated heterocycles. The number of benzene rings is 1. The van der Waals surface area contributed by atoms with Crippen molar-refractivity contribution in [1.29, 1.82) is 0 Å². The van der Waals surface area contributed by atoms with Crippen LogP contribution in [0.25, 0.3) is 0 Å². The first-order valence-electron chi connectivity index (χ1n) is 5.73. The Labute approximate surface area is 113 Å². The molecule has 0 amide bonds. The molecule has 0 heterocycles. The first-order valence-corrected chi connectivity index (χ1v) is 7.21. The minimum Gasteiger partial charge on any atom is -0.383 e. The number of rotatable bonds is 6. The second-order valence-electron chi connectivity index (χ2n) is 4.89. The summed E-state index contributed by atoms with van der Waals surface area (Å²) in [7, 11) is -2.50. The quantitative estimate of drug-likeness (QED) is 0.818.